The van der Waals surface area contributed by atoms with E-state index in [2.05, 4.69) is 5.32 Å². The molecule has 0 aliphatic heterocycles. The highest BCUT2D eigenvalue weighted by Crippen LogP contribution is 2.16. The fourth-order valence-corrected chi connectivity index (χ4v) is 1.90. The van der Waals surface area contributed by atoms with Gasteiger partial charge in [-0.2, -0.15) is 0 Å². The molecule has 0 fully saturated rings. The second-order valence-corrected chi connectivity index (χ2v) is 4.58. The number of non-ortho nitro benzene ring substituents is 1. The molecule has 7 heteroatoms. The Morgan fingerprint density at radius 3 is 2.57 bits per heavy atom. The molecule has 3 N–H and O–H groups in total. The number of nitro benzene ring substituents is 1. The van der Waals surface area contributed by atoms with Crippen LogP contribution in [0.25, 0.3) is 6.08 Å². The van der Waals surface area contributed by atoms with Crippen LogP contribution in [0.4, 0.5) is 11.4 Å². The summed E-state index contributed by atoms with van der Waals surface area (Å²) in [5.41, 5.74) is 6.17. The van der Waals surface area contributed by atoms with Crippen molar-refractivity contribution < 1.29 is 14.5 Å². The van der Waals surface area contributed by atoms with Crippen LogP contribution in [0.5, 0.6) is 0 Å². The molecule has 2 rings (SSSR count). The molecule has 0 unspecified atom stereocenters. The number of hydrogen-bond acceptors (Lipinski definition) is 4. The highest BCUT2D eigenvalue weighted by Gasteiger charge is 2.09. The van der Waals surface area contributed by atoms with Crippen LogP contribution in [0.3, 0.4) is 0 Å². The van der Waals surface area contributed by atoms with E-state index in [0.29, 0.717) is 11.3 Å². The topological polar surface area (TPSA) is 115 Å². The number of hydrogen-bond donors (Lipinski definition) is 2. The number of nitrogens with zero attached hydrogens (tertiary/aromatic N) is 1. The smallest absolute Gasteiger partial charge is 0.270 e. The van der Waals surface area contributed by atoms with Crippen LogP contribution < -0.4 is 11.1 Å². The van der Waals surface area contributed by atoms with Crippen molar-refractivity contribution >= 4 is 29.3 Å². The lowest BCUT2D eigenvalue weighted by atomic mass is 10.1. The van der Waals surface area contributed by atoms with E-state index >= 15 is 0 Å². The van der Waals surface area contributed by atoms with Crippen molar-refractivity contribution in [1.82, 2.24) is 0 Å². The molecule has 0 saturated carbocycles. The van der Waals surface area contributed by atoms with E-state index in [1.807, 2.05) is 0 Å². The van der Waals surface area contributed by atoms with Crippen LogP contribution in [0.1, 0.15) is 15.9 Å². The molecule has 0 aromatic heterocycles. The van der Waals surface area contributed by atoms with Crippen molar-refractivity contribution in [3.63, 3.8) is 0 Å². The fraction of sp³-hybridized carbons (Fsp3) is 0. The summed E-state index contributed by atoms with van der Waals surface area (Å²) in [4.78, 5) is 33.3. The first-order valence-corrected chi connectivity index (χ1v) is 6.60. The van der Waals surface area contributed by atoms with E-state index in [-0.39, 0.29) is 11.3 Å². The van der Waals surface area contributed by atoms with Gasteiger partial charge in [-0.05, 0) is 23.8 Å². The van der Waals surface area contributed by atoms with E-state index in [1.165, 1.54) is 36.4 Å². The SMILES string of the molecule is NC(=O)c1ccccc1NC(=O)/C=C/c1cccc([N+](=O)[O-])c1. The number of amides is 2. The Bertz CT molecular complexity index is 799. The lowest BCUT2D eigenvalue weighted by molar-refractivity contribution is -0.384. The number of benzene rings is 2. The maximum atomic E-state index is 11.9. The van der Waals surface area contributed by atoms with E-state index in [9.17, 15) is 19.7 Å². The number of nitrogens with two attached hydrogens (primary N) is 1. The summed E-state index contributed by atoms with van der Waals surface area (Å²) in [6.07, 6.45) is 2.66. The molecule has 2 amide bonds. The molecule has 0 saturated heterocycles. The summed E-state index contributed by atoms with van der Waals surface area (Å²) in [7, 11) is 0. The molecule has 2 aromatic rings. The third-order valence-corrected chi connectivity index (χ3v) is 2.96. The van der Waals surface area contributed by atoms with Crippen molar-refractivity contribution in [2.45, 2.75) is 0 Å². The standard InChI is InChI=1S/C16H13N3O4/c17-16(21)13-6-1-2-7-14(13)18-15(20)9-8-11-4-3-5-12(10-11)19(22)23/h1-10H,(H2,17,21)(H,18,20)/b9-8+. The molecule has 0 bridgehead atoms. The molecule has 0 aliphatic carbocycles. The molecule has 23 heavy (non-hydrogen) atoms. The molecule has 0 heterocycles. The molecular weight excluding hydrogens is 298 g/mol. The Balaban J connectivity index is 2.12. The number of primary amides is 1. The molecule has 2 aromatic carbocycles. The lowest BCUT2D eigenvalue weighted by Crippen LogP contribution is -2.16. The Hall–Kier alpha value is -3.48. The average molecular weight is 311 g/mol. The fourth-order valence-electron chi connectivity index (χ4n) is 1.90. The molecule has 7 nitrogen and oxygen atoms in total. The van der Waals surface area contributed by atoms with Crippen molar-refractivity contribution in [2.24, 2.45) is 5.73 Å². The minimum atomic E-state index is -0.649. The second kappa shape index (κ2) is 6.99. The van der Waals surface area contributed by atoms with Crippen LogP contribution in [-0.4, -0.2) is 16.7 Å². The van der Waals surface area contributed by atoms with Gasteiger partial charge in [-0.1, -0.05) is 24.3 Å². The molecule has 116 valence electrons. The third kappa shape index (κ3) is 4.24. The monoisotopic (exact) mass is 311 g/mol. The van der Waals surface area contributed by atoms with E-state index in [0.717, 1.165) is 0 Å². The Morgan fingerprint density at radius 2 is 1.87 bits per heavy atom. The maximum absolute atomic E-state index is 11.9. The first-order valence-electron chi connectivity index (χ1n) is 6.60. The van der Waals surface area contributed by atoms with Gasteiger partial charge in [-0.3, -0.25) is 19.7 Å². The van der Waals surface area contributed by atoms with E-state index < -0.39 is 16.7 Å². The summed E-state index contributed by atoms with van der Waals surface area (Å²) < 4.78 is 0. The summed E-state index contributed by atoms with van der Waals surface area (Å²) >= 11 is 0. The second-order valence-electron chi connectivity index (χ2n) is 4.58. The predicted octanol–water partition coefficient (Wildman–Crippen LogP) is 2.35. The lowest BCUT2D eigenvalue weighted by Gasteiger charge is -2.06. The van der Waals surface area contributed by atoms with Crippen LogP contribution in [0.15, 0.2) is 54.6 Å². The van der Waals surface area contributed by atoms with Crippen LogP contribution >= 0.6 is 0 Å². The quantitative estimate of drug-likeness (QED) is 0.501. The van der Waals surface area contributed by atoms with Crippen LogP contribution in [0.2, 0.25) is 0 Å². The van der Waals surface area contributed by atoms with Gasteiger partial charge in [0, 0.05) is 18.2 Å². The molecule has 0 spiro atoms. The number of anilines is 1. The summed E-state index contributed by atoms with van der Waals surface area (Å²) in [5, 5.41) is 13.2. The largest absolute Gasteiger partial charge is 0.366 e. The van der Waals surface area contributed by atoms with Gasteiger partial charge in [0.2, 0.25) is 5.91 Å². The average Bonchev–Trinajstić information content (AvgIpc) is 2.53. The zero-order valence-corrected chi connectivity index (χ0v) is 11.9. The van der Waals surface area contributed by atoms with E-state index in [1.54, 1.807) is 24.3 Å². The Labute approximate surface area is 131 Å². The van der Waals surface area contributed by atoms with Gasteiger partial charge in [0.1, 0.15) is 0 Å². The van der Waals surface area contributed by atoms with Gasteiger partial charge in [0.25, 0.3) is 11.6 Å². The molecule has 0 aliphatic rings. The van der Waals surface area contributed by atoms with Crippen LogP contribution in [0, 0.1) is 10.1 Å². The van der Waals surface area contributed by atoms with Gasteiger partial charge in [-0.25, -0.2) is 0 Å². The predicted molar refractivity (Wildman–Crippen MR) is 85.7 cm³/mol. The number of nitro groups is 1. The van der Waals surface area contributed by atoms with Crippen molar-refractivity contribution in [2.75, 3.05) is 5.32 Å². The normalized spacial score (nSPS) is 10.4. The van der Waals surface area contributed by atoms with Gasteiger partial charge >= 0.3 is 0 Å². The molecular formula is C16H13N3O4. The first kappa shape index (κ1) is 15.9. The first-order chi connectivity index (χ1) is 11.0. The highest BCUT2D eigenvalue weighted by atomic mass is 16.6. The summed E-state index contributed by atoms with van der Waals surface area (Å²) in [5.74, 6) is -1.13. The highest BCUT2D eigenvalue weighted by molar-refractivity contribution is 6.07. The van der Waals surface area contributed by atoms with Crippen molar-refractivity contribution in [3.8, 4) is 0 Å². The van der Waals surface area contributed by atoms with Crippen LogP contribution in [-0.2, 0) is 4.79 Å². The number of rotatable bonds is 5. The van der Waals surface area contributed by atoms with Gasteiger partial charge in [0.15, 0.2) is 0 Å². The third-order valence-electron chi connectivity index (χ3n) is 2.96. The molecule has 0 radical (unpaired) electrons. The summed E-state index contributed by atoms with van der Waals surface area (Å²) in [6, 6.07) is 12.2. The number of para-hydroxylation sites is 1. The van der Waals surface area contributed by atoms with Crippen molar-refractivity contribution in [1.29, 1.82) is 0 Å². The number of carbonyl (C=O) groups excluding carboxylic acids is 2. The number of carbonyl (C=O) groups is 2. The Kier molecular flexibility index (Phi) is 4.83. The molecule has 0 atom stereocenters. The van der Waals surface area contributed by atoms with Crippen molar-refractivity contribution in [3.05, 3.63) is 75.8 Å². The zero-order chi connectivity index (χ0) is 16.8. The minimum absolute atomic E-state index is 0.0633. The van der Waals surface area contributed by atoms with Gasteiger partial charge < -0.3 is 11.1 Å². The van der Waals surface area contributed by atoms with E-state index in [4.69, 9.17) is 5.73 Å². The number of nitrogens with one attached hydrogen (secondary N) is 1. The van der Waals surface area contributed by atoms with Gasteiger partial charge in [0.05, 0.1) is 16.2 Å². The maximum Gasteiger partial charge on any atom is 0.270 e. The Morgan fingerprint density at radius 1 is 1.13 bits per heavy atom. The minimum Gasteiger partial charge on any atom is -0.366 e. The summed E-state index contributed by atoms with van der Waals surface area (Å²) in [6.45, 7) is 0. The zero-order valence-electron chi connectivity index (χ0n) is 11.9. The van der Waals surface area contributed by atoms with Gasteiger partial charge in [-0.15, -0.1) is 0 Å².